The van der Waals surface area contributed by atoms with Crippen molar-refractivity contribution in [2.45, 2.75) is 18.1 Å². The van der Waals surface area contributed by atoms with Crippen LogP contribution in [0.2, 0.25) is 0 Å². The van der Waals surface area contributed by atoms with Gasteiger partial charge in [0.05, 0.1) is 17.4 Å². The van der Waals surface area contributed by atoms with Crippen molar-refractivity contribution in [1.82, 2.24) is 14.3 Å². The molecule has 0 atom stereocenters. The van der Waals surface area contributed by atoms with E-state index < -0.39 is 10.0 Å². The molecule has 3 aromatic heterocycles. The predicted molar refractivity (Wildman–Crippen MR) is 127 cm³/mol. The Kier molecular flexibility index (Phi) is 4.63. The molecule has 33 heavy (non-hydrogen) atoms. The maximum Gasteiger partial charge on any atom is 0.276 e. The van der Waals surface area contributed by atoms with Crippen LogP contribution in [0.5, 0.6) is 0 Å². The van der Waals surface area contributed by atoms with Crippen LogP contribution in [-0.4, -0.2) is 29.2 Å². The summed E-state index contributed by atoms with van der Waals surface area (Å²) in [5.41, 5.74) is 4.27. The molecule has 0 amide bonds. The number of nitrogens with zero attached hydrogens (tertiary/aromatic N) is 3. The molecule has 1 aliphatic rings. The number of sulfonamides is 1. The molecule has 1 aliphatic heterocycles. The number of benzene rings is 2. The number of aromatic nitrogens is 2. The van der Waals surface area contributed by atoms with E-state index in [1.54, 1.807) is 24.5 Å². The van der Waals surface area contributed by atoms with Gasteiger partial charge in [0.15, 0.2) is 0 Å². The standard InChI is InChI=1S/C25H20N4O3S/c30-33(31,24-14-18-6-2-4-8-23(18)32-24)29-12-10-21-19(16-29)9-11-26-25(21)28-20-13-17-5-1-3-7-22(17)27-15-20/h1-9,11,13-15H,10,12,16H2,(H,26,28). The Balaban J connectivity index is 1.29. The zero-order chi connectivity index (χ0) is 22.4. The number of pyridine rings is 2. The number of fused-ring (bicyclic) bond motifs is 3. The Morgan fingerprint density at radius 1 is 0.939 bits per heavy atom. The summed E-state index contributed by atoms with van der Waals surface area (Å²) >= 11 is 0. The van der Waals surface area contributed by atoms with Crippen LogP contribution in [0.1, 0.15) is 11.1 Å². The molecule has 8 heteroatoms. The minimum Gasteiger partial charge on any atom is -0.443 e. The van der Waals surface area contributed by atoms with E-state index in [0.717, 1.165) is 38.9 Å². The molecule has 2 aromatic carbocycles. The van der Waals surface area contributed by atoms with Crippen LogP contribution >= 0.6 is 0 Å². The maximum atomic E-state index is 13.3. The molecule has 0 bridgehead atoms. The predicted octanol–water partition coefficient (Wildman–Crippen LogP) is 4.87. The fraction of sp³-hybridized carbons (Fsp3) is 0.120. The van der Waals surface area contributed by atoms with Crippen molar-refractivity contribution in [3.05, 3.63) is 90.3 Å². The minimum absolute atomic E-state index is 0.0261. The van der Waals surface area contributed by atoms with Gasteiger partial charge in [0.25, 0.3) is 10.0 Å². The molecule has 0 saturated heterocycles. The number of para-hydroxylation sites is 2. The highest BCUT2D eigenvalue weighted by atomic mass is 32.2. The number of hydrogen-bond acceptors (Lipinski definition) is 6. The molecule has 0 spiro atoms. The van der Waals surface area contributed by atoms with Gasteiger partial charge in [0, 0.05) is 41.7 Å². The molecule has 164 valence electrons. The lowest BCUT2D eigenvalue weighted by molar-refractivity contribution is 0.371. The highest BCUT2D eigenvalue weighted by Gasteiger charge is 2.32. The zero-order valence-electron chi connectivity index (χ0n) is 17.6. The lowest BCUT2D eigenvalue weighted by Gasteiger charge is -2.28. The molecular weight excluding hydrogens is 436 g/mol. The highest BCUT2D eigenvalue weighted by Crippen LogP contribution is 2.32. The van der Waals surface area contributed by atoms with Crippen molar-refractivity contribution in [3.63, 3.8) is 0 Å². The summed E-state index contributed by atoms with van der Waals surface area (Å²) in [4.78, 5) is 9.01. The van der Waals surface area contributed by atoms with Gasteiger partial charge in [-0.2, -0.15) is 4.31 Å². The average Bonchev–Trinajstić information content (AvgIpc) is 3.29. The fourth-order valence-corrected chi connectivity index (χ4v) is 5.63. The van der Waals surface area contributed by atoms with Crippen LogP contribution in [-0.2, 0) is 23.0 Å². The van der Waals surface area contributed by atoms with Gasteiger partial charge in [-0.15, -0.1) is 0 Å². The third kappa shape index (κ3) is 3.53. The first kappa shape index (κ1) is 19.9. The Hall–Kier alpha value is -3.75. The van der Waals surface area contributed by atoms with Crippen LogP contribution in [0.15, 0.2) is 88.6 Å². The number of rotatable bonds is 4. The van der Waals surface area contributed by atoms with Crippen molar-refractivity contribution in [2.75, 3.05) is 11.9 Å². The second-order valence-corrected chi connectivity index (χ2v) is 9.90. The van der Waals surface area contributed by atoms with E-state index in [1.165, 1.54) is 4.31 Å². The highest BCUT2D eigenvalue weighted by molar-refractivity contribution is 7.89. The molecule has 5 aromatic rings. The van der Waals surface area contributed by atoms with E-state index in [0.29, 0.717) is 18.5 Å². The molecule has 1 N–H and O–H groups in total. The molecule has 0 saturated carbocycles. The summed E-state index contributed by atoms with van der Waals surface area (Å²) in [6, 6.07) is 20.7. The number of furan rings is 1. The summed E-state index contributed by atoms with van der Waals surface area (Å²) in [6.45, 7) is 0.616. The molecule has 4 heterocycles. The minimum atomic E-state index is -3.75. The molecule has 6 rings (SSSR count). The summed E-state index contributed by atoms with van der Waals surface area (Å²) in [5.74, 6) is 0.727. The van der Waals surface area contributed by atoms with E-state index >= 15 is 0 Å². The van der Waals surface area contributed by atoms with Gasteiger partial charge < -0.3 is 9.73 Å². The number of nitrogens with one attached hydrogen (secondary N) is 1. The van der Waals surface area contributed by atoms with Crippen molar-refractivity contribution in [2.24, 2.45) is 0 Å². The molecule has 0 aliphatic carbocycles. The van der Waals surface area contributed by atoms with E-state index in [9.17, 15) is 8.42 Å². The van der Waals surface area contributed by atoms with Crippen LogP contribution in [0.3, 0.4) is 0 Å². The first-order valence-electron chi connectivity index (χ1n) is 10.7. The molecule has 0 fully saturated rings. The summed E-state index contributed by atoms with van der Waals surface area (Å²) < 4.78 is 33.6. The van der Waals surface area contributed by atoms with Crippen LogP contribution < -0.4 is 5.32 Å². The maximum absolute atomic E-state index is 13.3. The van der Waals surface area contributed by atoms with E-state index in [1.807, 2.05) is 54.6 Å². The smallest absolute Gasteiger partial charge is 0.276 e. The summed E-state index contributed by atoms with van der Waals surface area (Å²) in [7, 11) is -3.75. The molecule has 0 unspecified atom stereocenters. The van der Waals surface area contributed by atoms with Gasteiger partial charge in [-0.1, -0.05) is 36.4 Å². The van der Waals surface area contributed by atoms with Crippen molar-refractivity contribution >= 4 is 43.4 Å². The van der Waals surface area contributed by atoms with E-state index in [2.05, 4.69) is 15.3 Å². The van der Waals surface area contributed by atoms with Gasteiger partial charge >= 0.3 is 0 Å². The Bertz CT molecular complexity index is 1580. The summed E-state index contributed by atoms with van der Waals surface area (Å²) in [6.07, 6.45) is 4.03. The van der Waals surface area contributed by atoms with Crippen molar-refractivity contribution < 1.29 is 12.8 Å². The van der Waals surface area contributed by atoms with E-state index in [4.69, 9.17) is 4.42 Å². The molecule has 7 nitrogen and oxygen atoms in total. The summed E-state index contributed by atoms with van der Waals surface area (Å²) in [5, 5.41) is 5.15. The van der Waals surface area contributed by atoms with Gasteiger partial charge in [-0.05, 0) is 36.2 Å². The van der Waals surface area contributed by atoms with Crippen molar-refractivity contribution in [1.29, 1.82) is 0 Å². The fourth-order valence-electron chi connectivity index (χ4n) is 4.27. The Labute approximate surface area is 190 Å². The van der Waals surface area contributed by atoms with Crippen molar-refractivity contribution in [3.8, 4) is 0 Å². The van der Waals surface area contributed by atoms with Crippen LogP contribution in [0.25, 0.3) is 21.9 Å². The van der Waals surface area contributed by atoms with Gasteiger partial charge in [-0.3, -0.25) is 4.98 Å². The topological polar surface area (TPSA) is 88.3 Å². The van der Waals surface area contributed by atoms with Crippen LogP contribution in [0.4, 0.5) is 11.5 Å². The van der Waals surface area contributed by atoms with Gasteiger partial charge in [-0.25, -0.2) is 13.4 Å². The second-order valence-electron chi connectivity index (χ2n) is 8.03. The lowest BCUT2D eigenvalue weighted by Crippen LogP contribution is -2.36. The van der Waals surface area contributed by atoms with Gasteiger partial charge in [0.1, 0.15) is 11.4 Å². The van der Waals surface area contributed by atoms with Gasteiger partial charge in [0.2, 0.25) is 5.09 Å². The third-order valence-electron chi connectivity index (χ3n) is 5.96. The quantitative estimate of drug-likeness (QED) is 0.415. The number of hydrogen-bond donors (Lipinski definition) is 1. The largest absolute Gasteiger partial charge is 0.443 e. The van der Waals surface area contributed by atoms with E-state index in [-0.39, 0.29) is 11.6 Å². The third-order valence-corrected chi connectivity index (χ3v) is 7.66. The number of anilines is 2. The Morgan fingerprint density at radius 2 is 1.76 bits per heavy atom. The zero-order valence-corrected chi connectivity index (χ0v) is 18.4. The van der Waals surface area contributed by atoms with Crippen LogP contribution in [0, 0.1) is 0 Å². The monoisotopic (exact) mass is 456 g/mol. The Morgan fingerprint density at radius 3 is 2.64 bits per heavy atom. The normalized spacial score (nSPS) is 14.4. The first-order valence-corrected chi connectivity index (χ1v) is 12.1. The first-order chi connectivity index (χ1) is 16.1. The SMILES string of the molecule is O=S(=O)(c1cc2ccccc2o1)N1CCc2c(ccnc2Nc2cnc3ccccc3c2)C1. The molecule has 0 radical (unpaired) electrons. The average molecular weight is 457 g/mol. The second kappa shape index (κ2) is 7.68. The molecular formula is C25H20N4O3S. The lowest BCUT2D eigenvalue weighted by atomic mass is 10.0.